The molecule has 1 unspecified atom stereocenters. The van der Waals surface area contributed by atoms with Gasteiger partial charge in [0.1, 0.15) is 11.9 Å². The molecular formula is C22H23FN4S. The zero-order valence-electron chi connectivity index (χ0n) is 15.9. The van der Waals surface area contributed by atoms with E-state index >= 15 is 0 Å². The van der Waals surface area contributed by atoms with Crippen molar-refractivity contribution in [3.63, 3.8) is 0 Å². The van der Waals surface area contributed by atoms with Gasteiger partial charge in [-0.2, -0.15) is 5.26 Å². The van der Waals surface area contributed by atoms with Crippen molar-refractivity contribution in [2.75, 3.05) is 25.0 Å². The van der Waals surface area contributed by atoms with Crippen molar-refractivity contribution < 1.29 is 4.39 Å². The van der Waals surface area contributed by atoms with E-state index in [0.29, 0.717) is 6.04 Å². The van der Waals surface area contributed by atoms with E-state index in [1.807, 2.05) is 25.4 Å². The Kier molecular flexibility index (Phi) is 5.65. The minimum absolute atomic E-state index is 0.0779. The quantitative estimate of drug-likeness (QED) is 0.763. The largest absolute Gasteiger partial charge is 0.371 e. The lowest BCUT2D eigenvalue weighted by Crippen LogP contribution is -2.41. The Labute approximate surface area is 169 Å². The Balaban J connectivity index is 1.77. The lowest BCUT2D eigenvalue weighted by molar-refractivity contribution is 0.442. The first-order valence-electron chi connectivity index (χ1n) is 9.64. The van der Waals surface area contributed by atoms with Crippen LogP contribution < -0.4 is 10.2 Å². The minimum Gasteiger partial charge on any atom is -0.371 e. The van der Waals surface area contributed by atoms with Crippen LogP contribution in [0.2, 0.25) is 0 Å². The van der Waals surface area contributed by atoms with E-state index in [-0.39, 0.29) is 10.8 Å². The van der Waals surface area contributed by atoms with Gasteiger partial charge in [-0.25, -0.2) is 8.79 Å². The van der Waals surface area contributed by atoms with Crippen molar-refractivity contribution in [1.29, 1.82) is 5.26 Å². The van der Waals surface area contributed by atoms with Gasteiger partial charge >= 0.3 is 0 Å². The molecule has 4 rings (SSSR count). The van der Waals surface area contributed by atoms with Gasteiger partial charge in [-0.15, -0.1) is 0 Å². The second-order valence-corrected chi connectivity index (χ2v) is 8.20. The zero-order chi connectivity index (χ0) is 19.5. The fourth-order valence-corrected chi connectivity index (χ4v) is 4.91. The zero-order valence-corrected chi connectivity index (χ0v) is 16.7. The number of piperidine rings is 1. The molecule has 0 saturated carbocycles. The molecule has 1 saturated heterocycles. The molecule has 2 aliphatic heterocycles. The van der Waals surface area contributed by atoms with Crippen LogP contribution >= 0.6 is 11.9 Å². The highest BCUT2D eigenvalue weighted by molar-refractivity contribution is 7.98. The van der Waals surface area contributed by atoms with Gasteiger partial charge in [-0.3, -0.25) is 0 Å². The van der Waals surface area contributed by atoms with Crippen molar-refractivity contribution in [2.24, 2.45) is 4.40 Å². The van der Waals surface area contributed by atoms with E-state index in [1.54, 1.807) is 18.0 Å². The second kappa shape index (κ2) is 8.34. The van der Waals surface area contributed by atoms with Crippen molar-refractivity contribution in [3.8, 4) is 17.2 Å². The average Bonchev–Trinajstić information content (AvgIpc) is 3.28. The van der Waals surface area contributed by atoms with Crippen LogP contribution in [0.4, 0.5) is 10.1 Å². The van der Waals surface area contributed by atoms with Gasteiger partial charge in [0.2, 0.25) is 0 Å². The molecule has 2 aliphatic rings. The molecule has 1 N–H and O–H groups in total. The number of hydrogen-bond acceptors (Lipinski definition) is 5. The Bertz CT molecular complexity index is 921. The summed E-state index contributed by atoms with van der Waals surface area (Å²) < 4.78 is 18.7. The average molecular weight is 395 g/mol. The van der Waals surface area contributed by atoms with Gasteiger partial charge in [0.15, 0.2) is 0 Å². The predicted octanol–water partition coefficient (Wildman–Crippen LogP) is 4.72. The fourth-order valence-electron chi connectivity index (χ4n) is 4.07. The lowest BCUT2D eigenvalue weighted by Gasteiger charge is -2.36. The first-order valence-corrected chi connectivity index (χ1v) is 10.5. The van der Waals surface area contributed by atoms with E-state index in [4.69, 9.17) is 5.26 Å². The third-order valence-electron chi connectivity index (χ3n) is 5.63. The third-order valence-corrected chi connectivity index (χ3v) is 6.59. The maximum Gasteiger partial charge on any atom is 0.141 e. The normalized spacial score (nSPS) is 19.8. The molecule has 2 aromatic carbocycles. The lowest BCUT2D eigenvalue weighted by atomic mass is 9.92. The monoisotopic (exact) mass is 394 g/mol. The molecule has 2 heterocycles. The standard InChI is InChI=1S/C22H23FN4S/c1-25-17-8-11-27(12-9-17)20-4-2-3-18(22(20)21-7-10-26-28-21)15-5-6-16(14-24)19(23)13-15/h2-6,10,13,17,21,25H,7-9,11-12H2,1H3. The molecule has 6 heteroatoms. The van der Waals surface area contributed by atoms with Crippen LogP contribution in [0, 0.1) is 17.1 Å². The van der Waals surface area contributed by atoms with Crippen LogP contribution in [-0.2, 0) is 0 Å². The smallest absolute Gasteiger partial charge is 0.141 e. The summed E-state index contributed by atoms with van der Waals surface area (Å²) in [5.74, 6) is -0.471. The predicted molar refractivity (Wildman–Crippen MR) is 114 cm³/mol. The second-order valence-electron chi connectivity index (χ2n) is 7.21. The summed E-state index contributed by atoms with van der Waals surface area (Å²) in [7, 11) is 2.03. The third kappa shape index (κ3) is 3.65. The van der Waals surface area contributed by atoms with Gasteiger partial charge in [-0.05, 0) is 66.7 Å². The van der Waals surface area contributed by atoms with Crippen molar-refractivity contribution >= 4 is 23.8 Å². The van der Waals surface area contributed by atoms with E-state index in [0.717, 1.165) is 43.5 Å². The Morgan fingerprint density at radius 2 is 2.07 bits per heavy atom. The summed E-state index contributed by atoms with van der Waals surface area (Å²) in [4.78, 5) is 2.45. The molecule has 0 aliphatic carbocycles. The molecule has 28 heavy (non-hydrogen) atoms. The molecule has 2 aromatic rings. The highest BCUT2D eigenvalue weighted by Crippen LogP contribution is 2.46. The first-order chi connectivity index (χ1) is 13.7. The van der Waals surface area contributed by atoms with E-state index in [1.165, 1.54) is 17.3 Å². The summed E-state index contributed by atoms with van der Waals surface area (Å²) in [6, 6.07) is 13.6. The summed E-state index contributed by atoms with van der Waals surface area (Å²) >= 11 is 1.58. The Morgan fingerprint density at radius 1 is 1.25 bits per heavy atom. The van der Waals surface area contributed by atoms with Crippen LogP contribution in [-0.4, -0.2) is 32.4 Å². The number of benzene rings is 2. The summed E-state index contributed by atoms with van der Waals surface area (Å²) in [6.07, 6.45) is 5.06. The maximum atomic E-state index is 14.3. The van der Waals surface area contributed by atoms with Crippen LogP contribution in [0.25, 0.3) is 11.1 Å². The molecule has 0 aromatic heterocycles. The molecule has 0 amide bonds. The van der Waals surface area contributed by atoms with Gasteiger partial charge in [0.05, 0.1) is 10.8 Å². The number of nitriles is 1. The molecule has 1 atom stereocenters. The number of rotatable bonds is 4. The molecule has 0 spiro atoms. The van der Waals surface area contributed by atoms with Crippen LogP contribution in [0.5, 0.6) is 0 Å². The van der Waals surface area contributed by atoms with Gasteiger partial charge in [0, 0.05) is 37.5 Å². The van der Waals surface area contributed by atoms with Crippen molar-refractivity contribution in [3.05, 3.63) is 53.3 Å². The van der Waals surface area contributed by atoms with Gasteiger partial charge < -0.3 is 10.2 Å². The highest BCUT2D eigenvalue weighted by atomic mass is 32.2. The number of halogens is 1. The summed E-state index contributed by atoms with van der Waals surface area (Å²) in [5.41, 5.74) is 4.36. The number of hydrogen-bond donors (Lipinski definition) is 1. The topological polar surface area (TPSA) is 51.4 Å². The van der Waals surface area contributed by atoms with E-state index in [9.17, 15) is 4.39 Å². The molecular weight excluding hydrogens is 371 g/mol. The Hall–Kier alpha value is -2.36. The Morgan fingerprint density at radius 3 is 2.71 bits per heavy atom. The SMILES string of the molecule is CNC1CCN(c2cccc(-c3ccc(C#N)c(F)c3)c2C2CC=NS2)CC1. The maximum absolute atomic E-state index is 14.3. The van der Waals surface area contributed by atoms with Crippen LogP contribution in [0.15, 0.2) is 40.8 Å². The fraction of sp³-hybridized carbons (Fsp3) is 0.364. The van der Waals surface area contributed by atoms with Crippen LogP contribution in [0.3, 0.4) is 0 Å². The molecule has 0 bridgehead atoms. The van der Waals surface area contributed by atoms with E-state index in [2.05, 4.69) is 32.8 Å². The van der Waals surface area contributed by atoms with Crippen molar-refractivity contribution in [1.82, 2.24) is 5.32 Å². The van der Waals surface area contributed by atoms with E-state index < -0.39 is 5.82 Å². The summed E-state index contributed by atoms with van der Waals surface area (Å²) in [6.45, 7) is 2.00. The number of nitrogens with zero attached hydrogens (tertiary/aromatic N) is 3. The molecule has 1 fully saturated rings. The van der Waals surface area contributed by atoms with Crippen molar-refractivity contribution in [2.45, 2.75) is 30.6 Å². The van der Waals surface area contributed by atoms with Crippen LogP contribution in [0.1, 0.15) is 35.6 Å². The number of anilines is 1. The first kappa shape index (κ1) is 19.0. The van der Waals surface area contributed by atoms with Gasteiger partial charge in [0.25, 0.3) is 0 Å². The minimum atomic E-state index is -0.471. The number of nitrogens with one attached hydrogen (secondary N) is 1. The highest BCUT2D eigenvalue weighted by Gasteiger charge is 2.27. The summed E-state index contributed by atoms with van der Waals surface area (Å²) in [5, 5.41) is 12.7. The van der Waals surface area contributed by atoms with Gasteiger partial charge in [-0.1, -0.05) is 18.2 Å². The molecule has 144 valence electrons. The molecule has 0 radical (unpaired) electrons. The molecule has 4 nitrogen and oxygen atoms in total.